The van der Waals surface area contributed by atoms with Gasteiger partial charge < -0.3 is 10.1 Å². The van der Waals surface area contributed by atoms with Crippen molar-refractivity contribution in [2.75, 3.05) is 13.2 Å². The molecule has 0 spiro atoms. The number of aryl methyl sites for hydroxylation is 1. The Morgan fingerprint density at radius 3 is 2.52 bits per heavy atom. The van der Waals surface area contributed by atoms with E-state index in [9.17, 15) is 9.18 Å². The number of hydrogen-bond acceptors (Lipinski definition) is 3. The van der Waals surface area contributed by atoms with E-state index < -0.39 is 0 Å². The fraction of sp³-hybridized carbons (Fsp3) is 0.304. The number of hydrogen-bond donors (Lipinski definition) is 1. The summed E-state index contributed by atoms with van der Waals surface area (Å²) in [6.07, 6.45) is 1.94. The lowest BCUT2D eigenvalue weighted by Gasteiger charge is -2.08. The number of aromatic nitrogens is 2. The van der Waals surface area contributed by atoms with E-state index in [-0.39, 0.29) is 11.7 Å². The molecule has 0 radical (unpaired) electrons. The van der Waals surface area contributed by atoms with E-state index in [1.54, 1.807) is 12.1 Å². The number of amides is 1. The largest absolute Gasteiger partial charge is 0.494 e. The average molecular weight is 395 g/mol. The van der Waals surface area contributed by atoms with Gasteiger partial charge in [-0.2, -0.15) is 5.10 Å². The van der Waals surface area contributed by atoms with E-state index >= 15 is 0 Å². The van der Waals surface area contributed by atoms with Crippen LogP contribution in [0.1, 0.15) is 29.8 Å². The molecule has 0 saturated carbocycles. The zero-order valence-electron chi connectivity index (χ0n) is 16.8. The molecule has 3 rings (SSSR count). The fourth-order valence-electron chi connectivity index (χ4n) is 3.15. The van der Waals surface area contributed by atoms with Gasteiger partial charge in [-0.15, -0.1) is 0 Å². The SMILES string of the molecule is Cc1nn(-c2ccccc2)c(C)c1CC(=O)NCCCCOc1ccc(F)cc1. The predicted molar refractivity (Wildman–Crippen MR) is 111 cm³/mol. The topological polar surface area (TPSA) is 56.2 Å². The van der Waals surface area contributed by atoms with Crippen LogP contribution in [0.15, 0.2) is 54.6 Å². The molecule has 1 N–H and O–H groups in total. The van der Waals surface area contributed by atoms with Crippen LogP contribution in [0.5, 0.6) is 5.75 Å². The summed E-state index contributed by atoms with van der Waals surface area (Å²) in [6, 6.07) is 15.9. The normalized spacial score (nSPS) is 10.7. The molecule has 6 heteroatoms. The van der Waals surface area contributed by atoms with Crippen LogP contribution in [-0.2, 0) is 11.2 Å². The van der Waals surface area contributed by atoms with Gasteiger partial charge in [0.2, 0.25) is 5.91 Å². The van der Waals surface area contributed by atoms with E-state index in [2.05, 4.69) is 10.4 Å². The summed E-state index contributed by atoms with van der Waals surface area (Å²) in [4.78, 5) is 12.3. The van der Waals surface area contributed by atoms with E-state index in [4.69, 9.17) is 4.74 Å². The highest BCUT2D eigenvalue weighted by Crippen LogP contribution is 2.18. The monoisotopic (exact) mass is 395 g/mol. The molecule has 1 heterocycles. The maximum Gasteiger partial charge on any atom is 0.224 e. The summed E-state index contributed by atoms with van der Waals surface area (Å²) in [5, 5.41) is 7.54. The van der Waals surface area contributed by atoms with Crippen molar-refractivity contribution in [3.05, 3.63) is 77.4 Å². The molecule has 0 unspecified atom stereocenters. The Kier molecular flexibility index (Phi) is 7.00. The number of ether oxygens (including phenoxy) is 1. The van der Waals surface area contributed by atoms with Gasteiger partial charge in [-0.3, -0.25) is 4.79 Å². The summed E-state index contributed by atoms with van der Waals surface area (Å²) in [7, 11) is 0. The molecule has 0 aliphatic carbocycles. The van der Waals surface area contributed by atoms with Crippen molar-refractivity contribution in [2.24, 2.45) is 0 Å². The predicted octanol–water partition coefficient (Wildman–Crippen LogP) is 4.15. The van der Waals surface area contributed by atoms with Gasteiger partial charge in [0.25, 0.3) is 0 Å². The number of unbranched alkanes of at least 4 members (excludes halogenated alkanes) is 1. The number of carbonyl (C=O) groups excluding carboxylic acids is 1. The summed E-state index contributed by atoms with van der Waals surface area (Å²) in [5.41, 5.74) is 3.80. The Balaban J connectivity index is 1.42. The summed E-state index contributed by atoms with van der Waals surface area (Å²) < 4.78 is 20.3. The number of benzene rings is 2. The molecule has 0 aliphatic rings. The molecule has 0 atom stereocenters. The van der Waals surface area contributed by atoms with Gasteiger partial charge >= 0.3 is 0 Å². The van der Waals surface area contributed by atoms with Crippen LogP contribution >= 0.6 is 0 Å². The van der Waals surface area contributed by atoms with Crippen LogP contribution in [0.25, 0.3) is 5.69 Å². The molecule has 3 aromatic rings. The van der Waals surface area contributed by atoms with E-state index in [1.165, 1.54) is 12.1 Å². The van der Waals surface area contributed by atoms with Crippen LogP contribution in [0.4, 0.5) is 4.39 Å². The first kappa shape index (κ1) is 20.6. The van der Waals surface area contributed by atoms with Crippen LogP contribution in [0.2, 0.25) is 0 Å². The average Bonchev–Trinajstić information content (AvgIpc) is 3.01. The van der Waals surface area contributed by atoms with Crippen LogP contribution in [-0.4, -0.2) is 28.8 Å². The molecule has 152 valence electrons. The lowest BCUT2D eigenvalue weighted by atomic mass is 10.1. The molecule has 1 aromatic heterocycles. The Labute approximate surface area is 170 Å². The minimum absolute atomic E-state index is 0.0109. The Morgan fingerprint density at radius 2 is 1.79 bits per heavy atom. The number of nitrogens with one attached hydrogen (secondary N) is 1. The van der Waals surface area contributed by atoms with Gasteiger partial charge in [0.15, 0.2) is 0 Å². The molecular weight excluding hydrogens is 369 g/mol. The Bertz CT molecular complexity index is 937. The first-order chi connectivity index (χ1) is 14.0. The van der Waals surface area contributed by atoms with E-state index in [1.807, 2.05) is 48.9 Å². The number of para-hydroxylation sites is 1. The van der Waals surface area contributed by atoms with Crippen molar-refractivity contribution < 1.29 is 13.9 Å². The number of carbonyl (C=O) groups is 1. The summed E-state index contributed by atoms with van der Waals surface area (Å²) in [6.45, 7) is 5.05. The van der Waals surface area contributed by atoms with Gasteiger partial charge in [0, 0.05) is 17.8 Å². The minimum Gasteiger partial charge on any atom is -0.494 e. The fourth-order valence-corrected chi connectivity index (χ4v) is 3.15. The van der Waals surface area contributed by atoms with Gasteiger partial charge in [-0.25, -0.2) is 9.07 Å². The molecule has 0 aliphatic heterocycles. The van der Waals surface area contributed by atoms with Crippen LogP contribution < -0.4 is 10.1 Å². The molecule has 0 bridgehead atoms. The van der Waals surface area contributed by atoms with Crippen molar-refractivity contribution in [3.8, 4) is 11.4 Å². The number of rotatable bonds is 9. The lowest BCUT2D eigenvalue weighted by molar-refractivity contribution is -0.120. The molecule has 0 fully saturated rings. The van der Waals surface area contributed by atoms with Crippen molar-refractivity contribution in [1.29, 1.82) is 0 Å². The standard InChI is InChI=1S/C23H26FN3O2/c1-17-22(18(2)27(26-17)20-8-4-3-5-9-20)16-23(28)25-14-6-7-15-29-21-12-10-19(24)11-13-21/h3-5,8-13H,6-7,14-16H2,1-2H3,(H,25,28). The lowest BCUT2D eigenvalue weighted by Crippen LogP contribution is -2.26. The summed E-state index contributed by atoms with van der Waals surface area (Å²) >= 11 is 0. The van der Waals surface area contributed by atoms with Crippen molar-refractivity contribution in [1.82, 2.24) is 15.1 Å². The van der Waals surface area contributed by atoms with E-state index in [0.717, 1.165) is 35.5 Å². The van der Waals surface area contributed by atoms with Gasteiger partial charge in [-0.05, 0) is 63.1 Å². The maximum absolute atomic E-state index is 12.8. The van der Waals surface area contributed by atoms with Crippen molar-refractivity contribution >= 4 is 5.91 Å². The van der Waals surface area contributed by atoms with Crippen molar-refractivity contribution in [3.63, 3.8) is 0 Å². The molecule has 29 heavy (non-hydrogen) atoms. The third-order valence-corrected chi connectivity index (χ3v) is 4.75. The van der Waals surface area contributed by atoms with E-state index in [0.29, 0.717) is 25.3 Å². The number of nitrogens with zero attached hydrogens (tertiary/aromatic N) is 2. The highest BCUT2D eigenvalue weighted by molar-refractivity contribution is 5.79. The smallest absolute Gasteiger partial charge is 0.224 e. The molecular formula is C23H26FN3O2. The first-order valence-corrected chi connectivity index (χ1v) is 9.80. The van der Waals surface area contributed by atoms with Gasteiger partial charge in [-0.1, -0.05) is 18.2 Å². The van der Waals surface area contributed by atoms with Crippen LogP contribution in [0.3, 0.4) is 0 Å². The highest BCUT2D eigenvalue weighted by Gasteiger charge is 2.15. The summed E-state index contributed by atoms with van der Waals surface area (Å²) in [5.74, 6) is 0.361. The molecule has 0 saturated heterocycles. The Morgan fingerprint density at radius 1 is 1.07 bits per heavy atom. The van der Waals surface area contributed by atoms with Gasteiger partial charge in [0.1, 0.15) is 11.6 Å². The molecule has 5 nitrogen and oxygen atoms in total. The second-order valence-electron chi connectivity index (χ2n) is 6.93. The first-order valence-electron chi connectivity index (χ1n) is 9.80. The Hall–Kier alpha value is -3.15. The zero-order valence-corrected chi connectivity index (χ0v) is 16.8. The second kappa shape index (κ2) is 9.87. The second-order valence-corrected chi connectivity index (χ2v) is 6.93. The van der Waals surface area contributed by atoms with Gasteiger partial charge in [0.05, 0.1) is 24.4 Å². The quantitative estimate of drug-likeness (QED) is 0.554. The highest BCUT2D eigenvalue weighted by atomic mass is 19.1. The van der Waals surface area contributed by atoms with Crippen molar-refractivity contribution in [2.45, 2.75) is 33.1 Å². The molecule has 2 aromatic carbocycles. The minimum atomic E-state index is -0.278. The molecule has 1 amide bonds. The zero-order chi connectivity index (χ0) is 20.6. The number of halogens is 1. The third-order valence-electron chi connectivity index (χ3n) is 4.75. The van der Waals surface area contributed by atoms with Crippen LogP contribution in [0, 0.1) is 19.7 Å². The third kappa shape index (κ3) is 5.67. The maximum atomic E-state index is 12.8.